The van der Waals surface area contributed by atoms with Gasteiger partial charge >= 0.3 is 0 Å². The highest BCUT2D eigenvalue weighted by atomic mass is 16.5. The number of benzene rings is 1. The number of aryl methyl sites for hydroxylation is 1. The summed E-state index contributed by atoms with van der Waals surface area (Å²) in [5.41, 5.74) is 1.48. The SMILES string of the molecule is CCCc1cc(C(=O)NC(CN2CCCC2)c2ccccc2)no1. The first-order valence-electron chi connectivity index (χ1n) is 8.80. The summed E-state index contributed by atoms with van der Waals surface area (Å²) < 4.78 is 5.23. The van der Waals surface area contributed by atoms with Crippen LogP contribution in [-0.4, -0.2) is 35.6 Å². The van der Waals surface area contributed by atoms with Crippen molar-refractivity contribution in [3.8, 4) is 0 Å². The van der Waals surface area contributed by atoms with Gasteiger partial charge in [-0.25, -0.2) is 0 Å². The number of nitrogens with zero attached hydrogens (tertiary/aromatic N) is 2. The van der Waals surface area contributed by atoms with Crippen LogP contribution in [0.25, 0.3) is 0 Å². The Morgan fingerprint density at radius 3 is 2.75 bits per heavy atom. The van der Waals surface area contributed by atoms with Gasteiger partial charge < -0.3 is 14.7 Å². The molecule has 0 spiro atoms. The predicted octanol–water partition coefficient (Wildman–Crippen LogP) is 3.19. The van der Waals surface area contributed by atoms with E-state index < -0.39 is 0 Å². The first-order chi connectivity index (χ1) is 11.8. The topological polar surface area (TPSA) is 58.4 Å². The zero-order chi connectivity index (χ0) is 16.8. The fourth-order valence-corrected chi connectivity index (χ4v) is 3.16. The number of rotatable bonds is 7. The molecule has 5 nitrogen and oxygen atoms in total. The van der Waals surface area contributed by atoms with Crippen molar-refractivity contribution in [1.82, 2.24) is 15.4 Å². The fraction of sp³-hybridized carbons (Fsp3) is 0.474. The van der Waals surface area contributed by atoms with Gasteiger partial charge in [-0.15, -0.1) is 0 Å². The van der Waals surface area contributed by atoms with Crippen molar-refractivity contribution in [2.75, 3.05) is 19.6 Å². The van der Waals surface area contributed by atoms with E-state index in [2.05, 4.69) is 34.4 Å². The lowest BCUT2D eigenvalue weighted by Crippen LogP contribution is -2.37. The first-order valence-corrected chi connectivity index (χ1v) is 8.80. The van der Waals surface area contributed by atoms with E-state index >= 15 is 0 Å². The molecule has 1 N–H and O–H groups in total. The van der Waals surface area contributed by atoms with Crippen LogP contribution in [0.15, 0.2) is 40.9 Å². The summed E-state index contributed by atoms with van der Waals surface area (Å²) >= 11 is 0. The maximum absolute atomic E-state index is 12.6. The summed E-state index contributed by atoms with van der Waals surface area (Å²) in [6.45, 7) is 5.10. The third kappa shape index (κ3) is 4.23. The van der Waals surface area contributed by atoms with Gasteiger partial charge in [0.25, 0.3) is 5.91 Å². The van der Waals surface area contributed by atoms with E-state index in [-0.39, 0.29) is 11.9 Å². The van der Waals surface area contributed by atoms with Gasteiger partial charge in [-0.2, -0.15) is 0 Å². The van der Waals surface area contributed by atoms with Gasteiger partial charge in [0.2, 0.25) is 0 Å². The molecule has 24 heavy (non-hydrogen) atoms. The molecule has 5 heteroatoms. The molecule has 1 aromatic carbocycles. The Bertz CT molecular complexity index is 648. The van der Waals surface area contributed by atoms with Crippen molar-refractivity contribution in [3.05, 3.63) is 53.4 Å². The van der Waals surface area contributed by atoms with Crippen LogP contribution in [0.4, 0.5) is 0 Å². The number of aromatic nitrogens is 1. The molecule has 1 fully saturated rings. The molecule has 0 radical (unpaired) electrons. The van der Waals surface area contributed by atoms with E-state index in [0.717, 1.165) is 43.8 Å². The van der Waals surface area contributed by atoms with Crippen LogP contribution < -0.4 is 5.32 Å². The monoisotopic (exact) mass is 327 g/mol. The number of carbonyl (C=O) groups is 1. The Balaban J connectivity index is 1.71. The van der Waals surface area contributed by atoms with E-state index in [4.69, 9.17) is 4.52 Å². The quantitative estimate of drug-likeness (QED) is 0.848. The molecule has 0 aliphatic carbocycles. The molecule has 0 bridgehead atoms. The molecule has 0 saturated carbocycles. The van der Waals surface area contributed by atoms with Crippen LogP contribution in [0.3, 0.4) is 0 Å². The van der Waals surface area contributed by atoms with Crippen molar-refractivity contribution in [3.63, 3.8) is 0 Å². The standard InChI is InChI=1S/C19H25N3O2/c1-2-8-16-13-17(21-24-16)19(23)20-18(14-22-11-6-7-12-22)15-9-4-3-5-10-15/h3-5,9-10,13,18H,2,6-8,11-12,14H2,1H3,(H,20,23). The van der Waals surface area contributed by atoms with Crippen LogP contribution in [0.1, 0.15) is 54.0 Å². The van der Waals surface area contributed by atoms with Gasteiger partial charge in [0, 0.05) is 19.0 Å². The highest BCUT2D eigenvalue weighted by molar-refractivity contribution is 5.92. The zero-order valence-electron chi connectivity index (χ0n) is 14.2. The zero-order valence-corrected chi connectivity index (χ0v) is 14.2. The fourth-order valence-electron chi connectivity index (χ4n) is 3.16. The van der Waals surface area contributed by atoms with Crippen molar-refractivity contribution in [2.45, 2.75) is 38.6 Å². The van der Waals surface area contributed by atoms with E-state index in [1.807, 2.05) is 18.2 Å². The van der Waals surface area contributed by atoms with Crippen LogP contribution in [-0.2, 0) is 6.42 Å². The molecule has 1 aromatic heterocycles. The van der Waals surface area contributed by atoms with Crippen molar-refractivity contribution in [2.24, 2.45) is 0 Å². The Morgan fingerprint density at radius 1 is 1.29 bits per heavy atom. The lowest BCUT2D eigenvalue weighted by atomic mass is 10.1. The van der Waals surface area contributed by atoms with Gasteiger partial charge in [0.15, 0.2) is 5.69 Å². The van der Waals surface area contributed by atoms with Crippen LogP contribution in [0.5, 0.6) is 0 Å². The van der Waals surface area contributed by atoms with E-state index in [0.29, 0.717) is 5.69 Å². The lowest BCUT2D eigenvalue weighted by molar-refractivity contribution is 0.0918. The summed E-state index contributed by atoms with van der Waals surface area (Å²) in [4.78, 5) is 15.0. The van der Waals surface area contributed by atoms with Gasteiger partial charge in [0.1, 0.15) is 5.76 Å². The van der Waals surface area contributed by atoms with Gasteiger partial charge in [-0.3, -0.25) is 4.79 Å². The summed E-state index contributed by atoms with van der Waals surface area (Å²) in [5.74, 6) is 0.590. The number of carbonyl (C=O) groups excluding carboxylic acids is 1. The second kappa shape index (κ2) is 8.11. The van der Waals surface area contributed by atoms with Crippen LogP contribution in [0.2, 0.25) is 0 Å². The van der Waals surface area contributed by atoms with Crippen LogP contribution >= 0.6 is 0 Å². The second-order valence-corrected chi connectivity index (χ2v) is 6.37. The minimum Gasteiger partial charge on any atom is -0.361 e. The molecule has 1 saturated heterocycles. The molecule has 2 aromatic rings. The highest BCUT2D eigenvalue weighted by Crippen LogP contribution is 2.18. The molecule has 1 amide bonds. The number of likely N-dealkylation sites (tertiary alicyclic amines) is 1. The smallest absolute Gasteiger partial charge is 0.274 e. The Morgan fingerprint density at radius 2 is 2.04 bits per heavy atom. The summed E-state index contributed by atoms with van der Waals surface area (Å²) in [5, 5.41) is 7.04. The van der Waals surface area contributed by atoms with E-state index in [1.54, 1.807) is 6.07 Å². The van der Waals surface area contributed by atoms with Crippen molar-refractivity contribution >= 4 is 5.91 Å². The Kier molecular flexibility index (Phi) is 5.64. The number of hydrogen-bond donors (Lipinski definition) is 1. The summed E-state index contributed by atoms with van der Waals surface area (Å²) in [7, 11) is 0. The van der Waals surface area contributed by atoms with Crippen molar-refractivity contribution < 1.29 is 9.32 Å². The molecule has 1 aliphatic heterocycles. The normalized spacial score (nSPS) is 16.2. The molecule has 1 unspecified atom stereocenters. The molecular weight excluding hydrogens is 302 g/mol. The first kappa shape index (κ1) is 16.7. The number of hydrogen-bond acceptors (Lipinski definition) is 4. The lowest BCUT2D eigenvalue weighted by Gasteiger charge is -2.24. The Hall–Kier alpha value is -2.14. The van der Waals surface area contributed by atoms with Gasteiger partial charge in [-0.05, 0) is 37.9 Å². The average molecular weight is 327 g/mol. The largest absolute Gasteiger partial charge is 0.361 e. The molecular formula is C19H25N3O2. The van der Waals surface area contributed by atoms with Gasteiger partial charge in [-0.1, -0.05) is 42.4 Å². The maximum atomic E-state index is 12.6. The average Bonchev–Trinajstić information content (AvgIpc) is 3.27. The second-order valence-electron chi connectivity index (χ2n) is 6.37. The molecule has 128 valence electrons. The van der Waals surface area contributed by atoms with Gasteiger partial charge in [0.05, 0.1) is 6.04 Å². The molecule has 1 aliphatic rings. The maximum Gasteiger partial charge on any atom is 0.274 e. The minimum absolute atomic E-state index is 0.0388. The predicted molar refractivity (Wildman–Crippen MR) is 92.8 cm³/mol. The molecule has 3 rings (SSSR count). The van der Waals surface area contributed by atoms with Crippen molar-refractivity contribution in [1.29, 1.82) is 0 Å². The number of nitrogens with one attached hydrogen (secondary N) is 1. The van der Waals surface area contributed by atoms with Crippen LogP contribution in [0, 0.1) is 0 Å². The Labute approximate surface area is 143 Å². The molecule has 1 atom stereocenters. The summed E-state index contributed by atoms with van der Waals surface area (Å²) in [6, 6.07) is 11.8. The van der Waals surface area contributed by atoms with E-state index in [1.165, 1.54) is 12.8 Å². The minimum atomic E-state index is -0.172. The number of amides is 1. The molecule has 2 heterocycles. The highest BCUT2D eigenvalue weighted by Gasteiger charge is 2.22. The third-order valence-corrected chi connectivity index (χ3v) is 4.43. The van der Waals surface area contributed by atoms with E-state index in [9.17, 15) is 4.79 Å². The summed E-state index contributed by atoms with van der Waals surface area (Å²) in [6.07, 6.45) is 4.24. The third-order valence-electron chi connectivity index (χ3n) is 4.43.